The molecule has 5 atom stereocenters. The lowest BCUT2D eigenvalue weighted by atomic mass is 9.46. The molecule has 1 aliphatic heterocycles. The largest absolute Gasteiger partial charge is 0.214 e. The van der Waals surface area contributed by atoms with Crippen LogP contribution in [0, 0.1) is 5.92 Å². The summed E-state index contributed by atoms with van der Waals surface area (Å²) in [4.78, 5) is 0. The Morgan fingerprint density at radius 2 is 1.68 bits per heavy atom. The lowest BCUT2D eigenvalue weighted by molar-refractivity contribution is -0.755. The summed E-state index contributed by atoms with van der Waals surface area (Å²) in [6, 6.07) is 16.7. The molecule has 194 valence electrons. The molecule has 1 aromatic heterocycles. The maximum Gasteiger partial charge on any atom is 0.214 e. The SMILES string of the molecule is C=CC1(CC)[n+]2cc3ccccc3cc2-c2cc3c(cc2C1(C)CC)C1(C)CCC3(C)C(CCCC)C1. The maximum atomic E-state index is 4.49. The Bertz CT molecular complexity index is 1400. The van der Waals surface area contributed by atoms with Crippen LogP contribution < -0.4 is 4.57 Å². The van der Waals surface area contributed by atoms with Crippen LogP contribution in [0.25, 0.3) is 22.0 Å². The van der Waals surface area contributed by atoms with E-state index < -0.39 is 0 Å². The Labute approximate surface area is 225 Å². The summed E-state index contributed by atoms with van der Waals surface area (Å²) in [7, 11) is 0. The molecule has 2 aromatic carbocycles. The third-order valence-corrected chi connectivity index (χ3v) is 11.8. The van der Waals surface area contributed by atoms with Gasteiger partial charge in [-0.05, 0) is 96.1 Å². The summed E-state index contributed by atoms with van der Waals surface area (Å²) in [5.74, 6) is 0.796. The summed E-state index contributed by atoms with van der Waals surface area (Å²) in [6.45, 7) is 19.3. The van der Waals surface area contributed by atoms with Crippen LogP contribution in [-0.4, -0.2) is 0 Å². The highest BCUT2D eigenvalue weighted by Gasteiger charge is 2.60. The molecular formula is C36H46N+. The minimum Gasteiger partial charge on any atom is -0.188 e. The van der Waals surface area contributed by atoms with Gasteiger partial charge < -0.3 is 0 Å². The van der Waals surface area contributed by atoms with Gasteiger partial charge in [0.1, 0.15) is 0 Å². The van der Waals surface area contributed by atoms with Crippen LogP contribution in [0.2, 0.25) is 0 Å². The summed E-state index contributed by atoms with van der Waals surface area (Å²) in [5, 5.41) is 2.64. The molecule has 37 heavy (non-hydrogen) atoms. The van der Waals surface area contributed by atoms with Gasteiger partial charge in [0, 0.05) is 17.9 Å². The number of pyridine rings is 1. The van der Waals surface area contributed by atoms with Crippen LogP contribution in [0.3, 0.4) is 0 Å². The predicted molar refractivity (Wildman–Crippen MR) is 157 cm³/mol. The first-order valence-corrected chi connectivity index (χ1v) is 15.0. The van der Waals surface area contributed by atoms with E-state index in [1.807, 2.05) is 0 Å². The number of allylic oxidation sites excluding steroid dienone is 1. The molecule has 0 N–H and O–H groups in total. The van der Waals surface area contributed by atoms with Gasteiger partial charge in [-0.2, -0.15) is 4.57 Å². The van der Waals surface area contributed by atoms with Gasteiger partial charge in [-0.1, -0.05) is 78.3 Å². The molecule has 5 unspecified atom stereocenters. The molecule has 0 radical (unpaired) electrons. The van der Waals surface area contributed by atoms with E-state index in [9.17, 15) is 0 Å². The Kier molecular flexibility index (Phi) is 5.58. The van der Waals surface area contributed by atoms with E-state index in [1.54, 1.807) is 16.7 Å². The zero-order valence-electron chi connectivity index (χ0n) is 24.1. The number of rotatable bonds is 6. The molecule has 2 heterocycles. The lowest BCUT2D eigenvalue weighted by Crippen LogP contribution is -2.68. The minimum atomic E-state index is -0.162. The van der Waals surface area contributed by atoms with Gasteiger partial charge in [-0.3, -0.25) is 0 Å². The number of unbranched alkanes of at least 4 members (excludes halogenated alkanes) is 1. The van der Waals surface area contributed by atoms with E-state index in [1.165, 1.54) is 60.6 Å². The Morgan fingerprint density at radius 3 is 2.35 bits per heavy atom. The highest BCUT2D eigenvalue weighted by Crippen LogP contribution is 2.62. The molecule has 1 heteroatoms. The molecule has 1 fully saturated rings. The van der Waals surface area contributed by atoms with E-state index in [-0.39, 0.29) is 11.0 Å². The van der Waals surface area contributed by atoms with Crippen molar-refractivity contribution in [1.82, 2.24) is 0 Å². The first-order chi connectivity index (χ1) is 17.7. The first kappa shape index (κ1) is 24.9. The van der Waals surface area contributed by atoms with Gasteiger partial charge in [-0.25, -0.2) is 0 Å². The average molecular weight is 493 g/mol. The number of nitrogens with zero attached hydrogens (tertiary/aromatic N) is 1. The van der Waals surface area contributed by atoms with E-state index in [0.717, 1.165) is 18.8 Å². The summed E-state index contributed by atoms with van der Waals surface area (Å²) < 4.78 is 2.61. The van der Waals surface area contributed by atoms with Gasteiger partial charge in [0.15, 0.2) is 11.7 Å². The van der Waals surface area contributed by atoms with Crippen LogP contribution >= 0.6 is 0 Å². The zero-order valence-corrected chi connectivity index (χ0v) is 24.1. The molecule has 0 saturated heterocycles. The summed E-state index contributed by atoms with van der Waals surface area (Å²) >= 11 is 0. The van der Waals surface area contributed by atoms with Crippen molar-refractivity contribution < 1.29 is 4.57 Å². The molecule has 1 saturated carbocycles. The molecular weight excluding hydrogens is 446 g/mol. The fourth-order valence-electron chi connectivity index (χ4n) is 9.07. The Balaban J connectivity index is 1.69. The van der Waals surface area contributed by atoms with Crippen LogP contribution in [0.15, 0.2) is 61.3 Å². The third-order valence-electron chi connectivity index (χ3n) is 11.8. The van der Waals surface area contributed by atoms with Crippen LogP contribution in [0.5, 0.6) is 0 Å². The average Bonchev–Trinajstić information content (AvgIpc) is 2.92. The topological polar surface area (TPSA) is 3.88 Å². The van der Waals surface area contributed by atoms with Crippen molar-refractivity contribution in [2.24, 2.45) is 5.92 Å². The van der Waals surface area contributed by atoms with Crippen molar-refractivity contribution in [3.63, 3.8) is 0 Å². The van der Waals surface area contributed by atoms with Crippen LogP contribution in [0.1, 0.15) is 110 Å². The second-order valence-corrected chi connectivity index (χ2v) is 13.3. The number of benzene rings is 2. The van der Waals surface area contributed by atoms with Crippen molar-refractivity contribution in [3.8, 4) is 11.3 Å². The van der Waals surface area contributed by atoms with E-state index in [0.29, 0.717) is 10.8 Å². The van der Waals surface area contributed by atoms with Gasteiger partial charge in [0.05, 0.1) is 11.0 Å². The van der Waals surface area contributed by atoms with E-state index in [2.05, 4.69) is 107 Å². The second kappa shape index (κ2) is 8.29. The third kappa shape index (κ3) is 3.06. The van der Waals surface area contributed by atoms with Gasteiger partial charge in [0.2, 0.25) is 5.69 Å². The normalized spacial score (nSPS) is 33.6. The molecule has 0 amide bonds. The highest BCUT2D eigenvalue weighted by atomic mass is 15.1. The minimum absolute atomic E-state index is 0.0243. The van der Waals surface area contributed by atoms with Crippen molar-refractivity contribution in [3.05, 3.63) is 78.0 Å². The quantitative estimate of drug-likeness (QED) is 0.238. The molecule has 3 aromatic rings. The van der Waals surface area contributed by atoms with Crippen molar-refractivity contribution in [2.45, 2.75) is 115 Å². The first-order valence-electron chi connectivity index (χ1n) is 15.0. The number of hydrogen-bond donors (Lipinski definition) is 0. The lowest BCUT2D eigenvalue weighted by Gasteiger charge is -2.58. The van der Waals surface area contributed by atoms with Gasteiger partial charge >= 0.3 is 0 Å². The molecule has 0 spiro atoms. The monoisotopic (exact) mass is 492 g/mol. The predicted octanol–water partition coefficient (Wildman–Crippen LogP) is 9.29. The molecule has 3 aliphatic carbocycles. The highest BCUT2D eigenvalue weighted by molar-refractivity contribution is 5.85. The fourth-order valence-corrected chi connectivity index (χ4v) is 9.07. The molecule has 2 bridgehead atoms. The molecule has 4 aliphatic rings. The maximum absolute atomic E-state index is 4.49. The molecule has 1 nitrogen and oxygen atoms in total. The smallest absolute Gasteiger partial charge is 0.188 e. The Hall–Kier alpha value is -2.41. The molecule has 7 rings (SSSR count). The van der Waals surface area contributed by atoms with Crippen molar-refractivity contribution in [1.29, 1.82) is 0 Å². The van der Waals surface area contributed by atoms with Crippen molar-refractivity contribution >= 4 is 10.8 Å². The van der Waals surface area contributed by atoms with Crippen LogP contribution in [-0.2, 0) is 21.8 Å². The van der Waals surface area contributed by atoms with Crippen molar-refractivity contribution in [2.75, 3.05) is 0 Å². The zero-order chi connectivity index (χ0) is 26.2. The van der Waals surface area contributed by atoms with Gasteiger partial charge in [0.25, 0.3) is 0 Å². The standard InChI is InChI=1S/C36H46N/c1-8-12-17-27-23-33(5)18-19-34(27,6)31-21-28-29(22-30(31)33)35(7,9-2)36(10-3,11-4)37-24-26-16-14-13-15-25(26)20-32(28)37/h10,13-16,20-22,24,27H,3,8-9,11-12,17-19,23H2,1-2,4-7H3/q+1. The number of aromatic nitrogens is 1. The fraction of sp³-hybridized carbons (Fsp3) is 0.528. The van der Waals surface area contributed by atoms with E-state index >= 15 is 0 Å². The van der Waals surface area contributed by atoms with Crippen LogP contribution in [0.4, 0.5) is 0 Å². The number of fused-ring (bicyclic) bond motifs is 6. The number of hydrogen-bond acceptors (Lipinski definition) is 0. The van der Waals surface area contributed by atoms with Gasteiger partial charge in [-0.15, -0.1) is 0 Å². The Morgan fingerprint density at radius 1 is 0.919 bits per heavy atom. The van der Waals surface area contributed by atoms with E-state index in [4.69, 9.17) is 0 Å². The summed E-state index contributed by atoms with van der Waals surface area (Å²) in [5.41, 5.74) is 8.11. The second-order valence-electron chi connectivity index (χ2n) is 13.3. The summed E-state index contributed by atoms with van der Waals surface area (Å²) in [6.07, 6.45) is 14.9.